The van der Waals surface area contributed by atoms with E-state index < -0.39 is 41.2 Å². The van der Waals surface area contributed by atoms with Crippen molar-refractivity contribution in [2.24, 2.45) is 5.73 Å². The van der Waals surface area contributed by atoms with E-state index in [1.54, 1.807) is 13.2 Å². The predicted molar refractivity (Wildman–Crippen MR) is 69.9 cm³/mol. The summed E-state index contributed by atoms with van der Waals surface area (Å²) in [7, 11) is -0.978. The van der Waals surface area contributed by atoms with Crippen LogP contribution in [0.5, 0.6) is 0 Å². The molecular formula is C10H19N3O5S. The van der Waals surface area contributed by atoms with Crippen molar-refractivity contribution in [3.63, 3.8) is 0 Å². The highest BCUT2D eigenvalue weighted by molar-refractivity contribution is 7.84. The molecule has 0 aliphatic heterocycles. The first-order valence-electron chi connectivity index (χ1n) is 5.61. The van der Waals surface area contributed by atoms with Crippen LogP contribution in [-0.4, -0.2) is 51.3 Å². The van der Waals surface area contributed by atoms with Crippen molar-refractivity contribution >= 4 is 28.7 Å². The average Bonchev–Trinajstić information content (AvgIpc) is 2.26. The Kier molecular flexibility index (Phi) is 7.73. The van der Waals surface area contributed by atoms with Crippen LogP contribution in [0, 0.1) is 0 Å². The molecule has 0 radical (unpaired) electrons. The van der Waals surface area contributed by atoms with Crippen molar-refractivity contribution in [3.8, 4) is 0 Å². The lowest BCUT2D eigenvalue weighted by atomic mass is 10.2. The molecule has 0 aromatic heterocycles. The molecule has 0 aromatic rings. The van der Waals surface area contributed by atoms with Gasteiger partial charge in [0, 0.05) is 28.9 Å². The van der Waals surface area contributed by atoms with Crippen LogP contribution in [0.25, 0.3) is 0 Å². The number of carbonyl (C=O) groups excluding carboxylic acids is 2. The molecule has 0 aliphatic carbocycles. The molecule has 110 valence electrons. The molecule has 0 spiro atoms. The average molecular weight is 293 g/mol. The summed E-state index contributed by atoms with van der Waals surface area (Å²) in [4.78, 5) is 32.8. The third-order valence-electron chi connectivity index (χ3n) is 2.41. The van der Waals surface area contributed by atoms with E-state index in [1.165, 1.54) is 0 Å². The fourth-order valence-corrected chi connectivity index (χ4v) is 1.62. The van der Waals surface area contributed by atoms with Crippen LogP contribution in [-0.2, 0) is 20.4 Å². The Labute approximate surface area is 113 Å². The lowest BCUT2D eigenvalue weighted by Crippen LogP contribution is -2.48. The fourth-order valence-electron chi connectivity index (χ4n) is 1.17. The summed E-state index contributed by atoms with van der Waals surface area (Å²) in [6, 6.07) is -2.06. The SMILES string of the molecule is CC(CCNC(=O)N[C@@H](CC(N)=O)C(=O)O)S(C)=O. The minimum atomic E-state index is -1.35. The van der Waals surface area contributed by atoms with Gasteiger partial charge in [-0.05, 0) is 6.42 Å². The number of rotatable bonds is 8. The van der Waals surface area contributed by atoms with Crippen LogP contribution in [0.15, 0.2) is 0 Å². The van der Waals surface area contributed by atoms with Gasteiger partial charge in [-0.1, -0.05) is 6.92 Å². The molecule has 9 heteroatoms. The molecule has 19 heavy (non-hydrogen) atoms. The van der Waals surface area contributed by atoms with Gasteiger partial charge in [0.15, 0.2) is 0 Å². The normalized spacial score (nSPS) is 15.1. The quantitative estimate of drug-likeness (QED) is 0.444. The second-order valence-corrected chi connectivity index (χ2v) is 5.86. The van der Waals surface area contributed by atoms with Gasteiger partial charge >= 0.3 is 12.0 Å². The molecule has 2 unspecified atom stereocenters. The summed E-state index contributed by atoms with van der Waals surface area (Å²) in [5.74, 6) is -2.15. The molecule has 0 rings (SSSR count). The van der Waals surface area contributed by atoms with Crippen LogP contribution in [0.1, 0.15) is 19.8 Å². The summed E-state index contributed by atoms with van der Waals surface area (Å²) in [5, 5.41) is 13.3. The minimum absolute atomic E-state index is 0.0683. The fraction of sp³-hybridized carbons (Fsp3) is 0.700. The van der Waals surface area contributed by atoms with E-state index in [4.69, 9.17) is 10.8 Å². The molecule has 0 aromatic carbocycles. The van der Waals surface area contributed by atoms with Crippen LogP contribution in [0.3, 0.4) is 0 Å². The molecule has 8 nitrogen and oxygen atoms in total. The van der Waals surface area contributed by atoms with Gasteiger partial charge < -0.3 is 21.5 Å². The number of amides is 3. The van der Waals surface area contributed by atoms with E-state index in [9.17, 15) is 18.6 Å². The number of hydrogen-bond acceptors (Lipinski definition) is 4. The monoisotopic (exact) mass is 293 g/mol. The maximum atomic E-state index is 11.4. The molecular weight excluding hydrogens is 274 g/mol. The maximum absolute atomic E-state index is 11.4. The third-order valence-corrected chi connectivity index (χ3v) is 3.78. The number of nitrogens with one attached hydrogen (secondary N) is 2. The van der Waals surface area contributed by atoms with Gasteiger partial charge in [-0.25, -0.2) is 9.59 Å². The van der Waals surface area contributed by atoms with Gasteiger partial charge in [-0.15, -0.1) is 0 Å². The molecule has 3 amide bonds. The molecule has 0 heterocycles. The van der Waals surface area contributed by atoms with Gasteiger partial charge in [0.1, 0.15) is 6.04 Å². The van der Waals surface area contributed by atoms with Gasteiger partial charge in [0.2, 0.25) is 5.91 Å². The number of urea groups is 1. The summed E-state index contributed by atoms with van der Waals surface area (Å²) in [5.41, 5.74) is 4.87. The van der Waals surface area contributed by atoms with Gasteiger partial charge in [0.05, 0.1) is 6.42 Å². The second kappa shape index (κ2) is 8.46. The van der Waals surface area contributed by atoms with Crippen LogP contribution in [0.4, 0.5) is 4.79 Å². The van der Waals surface area contributed by atoms with Crippen LogP contribution in [0.2, 0.25) is 0 Å². The van der Waals surface area contributed by atoms with Crippen molar-refractivity contribution in [3.05, 3.63) is 0 Å². The molecule has 0 saturated carbocycles. The molecule has 0 aliphatic rings. The molecule has 5 N–H and O–H groups in total. The van der Waals surface area contributed by atoms with Crippen molar-refractivity contribution in [2.45, 2.75) is 31.1 Å². The maximum Gasteiger partial charge on any atom is 0.326 e. The first-order valence-corrected chi connectivity index (χ1v) is 7.23. The Morgan fingerprint density at radius 2 is 1.95 bits per heavy atom. The highest BCUT2D eigenvalue weighted by Gasteiger charge is 2.21. The van der Waals surface area contributed by atoms with E-state index in [2.05, 4.69) is 10.6 Å². The number of carboxylic acid groups (broad SMARTS) is 1. The zero-order chi connectivity index (χ0) is 15.0. The van der Waals surface area contributed by atoms with Crippen molar-refractivity contribution in [2.75, 3.05) is 12.8 Å². The molecule has 0 fully saturated rings. The topological polar surface area (TPSA) is 139 Å². The Morgan fingerprint density at radius 1 is 1.37 bits per heavy atom. The number of carbonyl (C=O) groups is 3. The third kappa shape index (κ3) is 8.14. The largest absolute Gasteiger partial charge is 0.480 e. The first-order chi connectivity index (χ1) is 8.73. The summed E-state index contributed by atoms with van der Waals surface area (Å²) in [6.45, 7) is 2.04. The lowest BCUT2D eigenvalue weighted by Gasteiger charge is -2.14. The highest BCUT2D eigenvalue weighted by Crippen LogP contribution is 1.97. The van der Waals surface area contributed by atoms with Crippen molar-refractivity contribution in [1.82, 2.24) is 10.6 Å². The Bertz CT molecular complexity index is 374. The number of carboxylic acids is 1. The molecule has 0 bridgehead atoms. The summed E-state index contributed by atoms with van der Waals surface area (Å²) >= 11 is 0. The Hall–Kier alpha value is -1.64. The van der Waals surface area contributed by atoms with Crippen LogP contribution >= 0.6 is 0 Å². The highest BCUT2D eigenvalue weighted by atomic mass is 32.2. The molecule has 3 atom stereocenters. The van der Waals surface area contributed by atoms with Gasteiger partial charge in [-0.2, -0.15) is 0 Å². The smallest absolute Gasteiger partial charge is 0.326 e. The van der Waals surface area contributed by atoms with Crippen molar-refractivity contribution < 1.29 is 23.7 Å². The van der Waals surface area contributed by atoms with E-state index in [0.29, 0.717) is 6.42 Å². The number of hydrogen-bond donors (Lipinski definition) is 4. The lowest BCUT2D eigenvalue weighted by molar-refractivity contribution is -0.140. The Balaban J connectivity index is 4.10. The van der Waals surface area contributed by atoms with E-state index >= 15 is 0 Å². The van der Waals surface area contributed by atoms with E-state index in [1.807, 2.05) is 0 Å². The second-order valence-electron chi connectivity index (χ2n) is 4.06. The zero-order valence-electron chi connectivity index (χ0n) is 10.8. The zero-order valence-corrected chi connectivity index (χ0v) is 11.7. The van der Waals surface area contributed by atoms with E-state index in [-0.39, 0.29) is 11.8 Å². The van der Waals surface area contributed by atoms with E-state index in [0.717, 1.165) is 0 Å². The first kappa shape index (κ1) is 17.4. The summed E-state index contributed by atoms with van der Waals surface area (Å²) in [6.07, 6.45) is 1.60. The van der Waals surface area contributed by atoms with Gasteiger partial charge in [0.25, 0.3) is 0 Å². The Morgan fingerprint density at radius 3 is 2.37 bits per heavy atom. The number of nitrogens with two attached hydrogens (primary N) is 1. The summed E-state index contributed by atoms with van der Waals surface area (Å²) < 4.78 is 11.1. The van der Waals surface area contributed by atoms with Gasteiger partial charge in [-0.3, -0.25) is 9.00 Å². The minimum Gasteiger partial charge on any atom is -0.480 e. The predicted octanol–water partition coefficient (Wildman–Crippen LogP) is -1.23. The van der Waals surface area contributed by atoms with Crippen LogP contribution < -0.4 is 16.4 Å². The van der Waals surface area contributed by atoms with Crippen molar-refractivity contribution in [1.29, 1.82) is 0 Å². The number of primary amides is 1. The molecule has 0 saturated heterocycles. The number of aliphatic carboxylic acids is 1. The standard InChI is InChI=1S/C10H19N3O5S/c1-6(19(2)18)3-4-12-10(17)13-7(9(15)16)5-8(11)14/h6-7H,3-5H2,1-2H3,(H2,11,14)(H,15,16)(H2,12,13,17)/t6?,7-,19?/m0/s1.